The number of thiophene rings is 1. The summed E-state index contributed by atoms with van der Waals surface area (Å²) >= 11 is 1.66. The van der Waals surface area contributed by atoms with Gasteiger partial charge in [0.05, 0.1) is 16.2 Å². The van der Waals surface area contributed by atoms with Crippen molar-refractivity contribution in [1.29, 1.82) is 0 Å². The summed E-state index contributed by atoms with van der Waals surface area (Å²) in [5, 5.41) is 5.22. The molecule has 0 radical (unpaired) electrons. The standard InChI is InChI=1S/C18H15NO2S/c1-12-15-10-6-7-11-16(15)22-17(12)13(2)19-21-18(20)14-8-4-3-5-9-14/h3-11H,1-2H3/b19-13-. The van der Waals surface area contributed by atoms with Crippen LogP contribution in [0.2, 0.25) is 0 Å². The predicted molar refractivity (Wildman–Crippen MR) is 90.6 cm³/mol. The van der Waals surface area contributed by atoms with E-state index in [-0.39, 0.29) is 0 Å². The average Bonchev–Trinajstić information content (AvgIpc) is 2.90. The molecular weight excluding hydrogens is 294 g/mol. The molecule has 0 N–H and O–H groups in total. The molecule has 0 bridgehead atoms. The highest BCUT2D eigenvalue weighted by Gasteiger charge is 2.12. The van der Waals surface area contributed by atoms with Gasteiger partial charge in [0, 0.05) is 4.70 Å². The molecule has 3 aromatic rings. The molecule has 0 saturated carbocycles. The van der Waals surface area contributed by atoms with Crippen LogP contribution in [0.4, 0.5) is 0 Å². The molecule has 0 saturated heterocycles. The summed E-state index contributed by atoms with van der Waals surface area (Å²) < 4.78 is 1.21. The van der Waals surface area contributed by atoms with Gasteiger partial charge in [-0.05, 0) is 43.0 Å². The molecule has 0 atom stereocenters. The van der Waals surface area contributed by atoms with E-state index in [9.17, 15) is 4.79 Å². The fourth-order valence-corrected chi connectivity index (χ4v) is 3.44. The van der Waals surface area contributed by atoms with Crippen LogP contribution in [0.15, 0.2) is 59.8 Å². The summed E-state index contributed by atoms with van der Waals surface area (Å²) in [6.07, 6.45) is 0. The Kier molecular flexibility index (Phi) is 4.02. The minimum Gasteiger partial charge on any atom is -0.313 e. The summed E-state index contributed by atoms with van der Waals surface area (Å²) in [6, 6.07) is 17.1. The van der Waals surface area contributed by atoms with Crippen molar-refractivity contribution in [3.05, 3.63) is 70.6 Å². The van der Waals surface area contributed by atoms with Crippen molar-refractivity contribution in [1.82, 2.24) is 0 Å². The number of aryl methyl sites for hydroxylation is 1. The zero-order valence-electron chi connectivity index (χ0n) is 12.4. The fourth-order valence-electron chi connectivity index (χ4n) is 2.30. The van der Waals surface area contributed by atoms with Crippen molar-refractivity contribution in [3.8, 4) is 0 Å². The van der Waals surface area contributed by atoms with Gasteiger partial charge in [-0.1, -0.05) is 41.6 Å². The van der Waals surface area contributed by atoms with Crippen LogP contribution in [0, 0.1) is 6.92 Å². The second-order valence-corrected chi connectivity index (χ2v) is 6.03. The first-order chi connectivity index (χ1) is 10.7. The first-order valence-corrected chi connectivity index (χ1v) is 7.78. The Morgan fingerprint density at radius 3 is 2.45 bits per heavy atom. The van der Waals surface area contributed by atoms with E-state index >= 15 is 0 Å². The van der Waals surface area contributed by atoms with Gasteiger partial charge in [-0.25, -0.2) is 4.79 Å². The lowest BCUT2D eigenvalue weighted by Crippen LogP contribution is -2.03. The second kappa shape index (κ2) is 6.12. The van der Waals surface area contributed by atoms with Crippen LogP contribution in [-0.2, 0) is 4.84 Å². The van der Waals surface area contributed by atoms with Crippen molar-refractivity contribution in [3.63, 3.8) is 0 Å². The molecular formula is C18H15NO2S. The minimum absolute atomic E-state index is 0.446. The molecule has 0 amide bonds. The normalized spacial score (nSPS) is 11.6. The topological polar surface area (TPSA) is 38.7 Å². The number of fused-ring (bicyclic) bond motifs is 1. The lowest BCUT2D eigenvalue weighted by molar-refractivity contribution is 0.0516. The van der Waals surface area contributed by atoms with Gasteiger partial charge in [0.2, 0.25) is 0 Å². The first kappa shape index (κ1) is 14.5. The van der Waals surface area contributed by atoms with Gasteiger partial charge in [-0.2, -0.15) is 0 Å². The minimum atomic E-state index is -0.446. The lowest BCUT2D eigenvalue weighted by atomic mass is 10.1. The molecule has 22 heavy (non-hydrogen) atoms. The maximum Gasteiger partial charge on any atom is 0.365 e. The van der Waals surface area contributed by atoms with E-state index in [0.29, 0.717) is 11.3 Å². The van der Waals surface area contributed by atoms with Crippen LogP contribution in [0.3, 0.4) is 0 Å². The number of carbonyl (C=O) groups excluding carboxylic acids is 1. The van der Waals surface area contributed by atoms with Crippen LogP contribution in [0.5, 0.6) is 0 Å². The number of carbonyl (C=O) groups is 1. The molecule has 4 heteroatoms. The molecule has 0 aliphatic heterocycles. The SMILES string of the molecule is C/C(=N/OC(=O)c1ccccc1)c1sc2ccccc2c1C. The van der Waals surface area contributed by atoms with Gasteiger partial charge < -0.3 is 4.84 Å². The highest BCUT2D eigenvalue weighted by molar-refractivity contribution is 7.21. The Hall–Kier alpha value is -2.46. The molecule has 0 aliphatic carbocycles. The number of hydrogen-bond acceptors (Lipinski definition) is 4. The number of oxime groups is 1. The highest BCUT2D eigenvalue weighted by atomic mass is 32.1. The monoisotopic (exact) mass is 309 g/mol. The number of benzene rings is 2. The summed E-state index contributed by atoms with van der Waals surface area (Å²) in [5.74, 6) is -0.446. The molecule has 2 aromatic carbocycles. The van der Waals surface area contributed by atoms with E-state index in [4.69, 9.17) is 4.84 Å². The van der Waals surface area contributed by atoms with Crippen molar-refractivity contribution < 1.29 is 9.63 Å². The van der Waals surface area contributed by atoms with Gasteiger partial charge in [0.25, 0.3) is 0 Å². The smallest absolute Gasteiger partial charge is 0.313 e. The van der Waals surface area contributed by atoms with Crippen molar-refractivity contribution in [2.75, 3.05) is 0 Å². The van der Waals surface area contributed by atoms with Gasteiger partial charge in [-0.3, -0.25) is 0 Å². The largest absolute Gasteiger partial charge is 0.365 e. The Balaban J connectivity index is 1.85. The number of nitrogens with zero attached hydrogens (tertiary/aromatic N) is 1. The van der Waals surface area contributed by atoms with E-state index in [1.165, 1.54) is 10.1 Å². The first-order valence-electron chi connectivity index (χ1n) is 6.96. The summed E-state index contributed by atoms with van der Waals surface area (Å²) in [6.45, 7) is 3.92. The molecule has 3 nitrogen and oxygen atoms in total. The van der Waals surface area contributed by atoms with Gasteiger partial charge in [-0.15, -0.1) is 11.3 Å². The number of hydrogen-bond donors (Lipinski definition) is 0. The van der Waals surface area contributed by atoms with Crippen molar-refractivity contribution >= 4 is 33.1 Å². The maximum atomic E-state index is 11.9. The number of rotatable bonds is 3. The van der Waals surface area contributed by atoms with Crippen molar-refractivity contribution in [2.45, 2.75) is 13.8 Å². The third kappa shape index (κ3) is 2.78. The lowest BCUT2D eigenvalue weighted by Gasteiger charge is -2.00. The fraction of sp³-hybridized carbons (Fsp3) is 0.111. The molecule has 1 heterocycles. The molecule has 0 spiro atoms. The van der Waals surface area contributed by atoms with E-state index in [1.54, 1.807) is 35.6 Å². The second-order valence-electron chi connectivity index (χ2n) is 4.97. The third-order valence-corrected chi connectivity index (χ3v) is 4.83. The zero-order chi connectivity index (χ0) is 15.5. The third-order valence-electron chi connectivity index (χ3n) is 3.45. The van der Waals surface area contributed by atoms with Gasteiger partial charge >= 0.3 is 5.97 Å². The van der Waals surface area contributed by atoms with Crippen LogP contribution in [0.25, 0.3) is 10.1 Å². The van der Waals surface area contributed by atoms with Crippen LogP contribution >= 0.6 is 11.3 Å². The predicted octanol–water partition coefficient (Wildman–Crippen LogP) is 4.79. The summed E-state index contributed by atoms with van der Waals surface area (Å²) in [4.78, 5) is 18.0. The molecule has 0 unspecified atom stereocenters. The average molecular weight is 309 g/mol. The van der Waals surface area contributed by atoms with Crippen LogP contribution in [0.1, 0.15) is 27.7 Å². The van der Waals surface area contributed by atoms with Crippen molar-refractivity contribution in [2.24, 2.45) is 5.16 Å². The van der Waals surface area contributed by atoms with E-state index in [1.807, 2.05) is 25.1 Å². The molecule has 0 aliphatic rings. The Labute approximate surface area is 132 Å². The zero-order valence-corrected chi connectivity index (χ0v) is 13.2. The highest BCUT2D eigenvalue weighted by Crippen LogP contribution is 2.31. The van der Waals surface area contributed by atoms with Crippen LogP contribution in [-0.4, -0.2) is 11.7 Å². The summed E-state index contributed by atoms with van der Waals surface area (Å²) in [5.41, 5.74) is 2.37. The Bertz CT molecular complexity index is 850. The van der Waals surface area contributed by atoms with Gasteiger partial charge in [0.1, 0.15) is 0 Å². The van der Waals surface area contributed by atoms with E-state index < -0.39 is 5.97 Å². The molecule has 110 valence electrons. The molecule has 0 fully saturated rings. The Morgan fingerprint density at radius 1 is 1.05 bits per heavy atom. The molecule has 3 rings (SSSR count). The Morgan fingerprint density at radius 2 is 1.73 bits per heavy atom. The van der Waals surface area contributed by atoms with Gasteiger partial charge in [0.15, 0.2) is 0 Å². The van der Waals surface area contributed by atoms with Crippen LogP contribution < -0.4 is 0 Å². The maximum absolute atomic E-state index is 11.9. The van der Waals surface area contributed by atoms with E-state index in [0.717, 1.165) is 10.4 Å². The quantitative estimate of drug-likeness (QED) is 0.396. The molecule has 1 aromatic heterocycles. The summed E-state index contributed by atoms with van der Waals surface area (Å²) in [7, 11) is 0. The van der Waals surface area contributed by atoms with E-state index in [2.05, 4.69) is 24.2 Å².